The van der Waals surface area contributed by atoms with Crippen molar-refractivity contribution in [2.24, 2.45) is 58.2 Å². The van der Waals surface area contributed by atoms with Gasteiger partial charge in [0.05, 0.1) is 11.6 Å². The van der Waals surface area contributed by atoms with Gasteiger partial charge in [0.2, 0.25) is 0 Å². The van der Waals surface area contributed by atoms with Crippen molar-refractivity contribution in [2.75, 3.05) is 13.1 Å². The largest absolute Gasteiger partial charge is 0.463 e. The van der Waals surface area contributed by atoms with E-state index in [-0.39, 0.29) is 76.8 Å². The number of ether oxygens (including phenoxy) is 3. The zero-order chi connectivity index (χ0) is 40.4. The summed E-state index contributed by atoms with van der Waals surface area (Å²) in [6.45, 7) is 17.8. The lowest BCUT2D eigenvalue weighted by atomic mass is 9.43. The molecule has 0 radical (unpaired) electrons. The molecule has 1 aromatic carbocycles. The van der Waals surface area contributed by atoms with Crippen molar-refractivity contribution < 1.29 is 33.7 Å². The van der Waals surface area contributed by atoms with Crippen LogP contribution in [0, 0.1) is 58.2 Å². The molecule has 1 unspecified atom stereocenters. The number of benzene rings is 1. The fourth-order valence-corrected chi connectivity index (χ4v) is 14.2. The fraction of sp³-hybridized carbons (Fsp3) is 0.708. The van der Waals surface area contributed by atoms with Crippen LogP contribution in [-0.4, -0.2) is 70.3 Å². The minimum atomic E-state index is -0.587. The van der Waals surface area contributed by atoms with E-state index in [4.69, 9.17) is 19.2 Å². The van der Waals surface area contributed by atoms with Gasteiger partial charge in [-0.05, 0) is 142 Å². The van der Waals surface area contributed by atoms with E-state index >= 15 is 0 Å². The molecule has 2 aromatic rings. The Bertz CT molecular complexity index is 1860. The van der Waals surface area contributed by atoms with Crippen LogP contribution in [0.3, 0.4) is 0 Å². The summed E-state index contributed by atoms with van der Waals surface area (Å²) in [5, 5.41) is 13.1. The molecule has 7 aliphatic rings. The predicted molar refractivity (Wildman–Crippen MR) is 219 cm³/mol. The number of pyridine rings is 1. The number of hydrogen-bond acceptors (Lipinski definition) is 9. The number of fused-ring (bicyclic) bond motifs is 9. The maximum absolute atomic E-state index is 12.9. The number of aliphatic hydroxyl groups is 1. The van der Waals surface area contributed by atoms with Crippen LogP contribution in [0.4, 0.5) is 0 Å². The topological polar surface area (TPSA) is 115 Å². The Morgan fingerprint density at radius 1 is 0.965 bits per heavy atom. The molecule has 9 nitrogen and oxygen atoms in total. The Morgan fingerprint density at radius 3 is 2.42 bits per heavy atom. The molecule has 0 spiro atoms. The monoisotopic (exact) mass is 782 g/mol. The number of hydrogen-bond donors (Lipinski definition) is 1. The summed E-state index contributed by atoms with van der Waals surface area (Å²) in [5.74, 6) is 1.86. The zero-order valence-electron chi connectivity index (χ0n) is 35.2. The molecule has 2 bridgehead atoms. The van der Waals surface area contributed by atoms with Crippen molar-refractivity contribution in [3.8, 4) is 0 Å². The third kappa shape index (κ3) is 7.25. The normalized spacial score (nSPS) is 40.5. The van der Waals surface area contributed by atoms with Gasteiger partial charge in [0.25, 0.3) is 0 Å². The lowest BCUT2D eigenvalue weighted by molar-refractivity contribution is -0.224. The van der Waals surface area contributed by atoms with Gasteiger partial charge in [0.15, 0.2) is 0 Å². The lowest BCUT2D eigenvalue weighted by Gasteiger charge is -2.64. The van der Waals surface area contributed by atoms with Crippen molar-refractivity contribution >= 4 is 28.8 Å². The first-order valence-corrected chi connectivity index (χ1v) is 22.2. The molecular weight excluding hydrogens is 717 g/mol. The number of piperidine rings is 3. The molecule has 57 heavy (non-hydrogen) atoms. The first kappa shape index (κ1) is 40.5. The van der Waals surface area contributed by atoms with E-state index in [9.17, 15) is 19.5 Å². The first-order valence-electron chi connectivity index (χ1n) is 22.2. The van der Waals surface area contributed by atoms with Gasteiger partial charge in [-0.1, -0.05) is 45.0 Å². The number of rotatable bonds is 10. The molecule has 16 atom stereocenters. The number of carbonyl (C=O) groups excluding carboxylic acids is 3. The smallest absolute Gasteiger partial charge is 0.302 e. The first-order chi connectivity index (χ1) is 27.2. The van der Waals surface area contributed by atoms with E-state index in [2.05, 4.69) is 56.5 Å². The van der Waals surface area contributed by atoms with Crippen molar-refractivity contribution in [1.29, 1.82) is 0 Å². The number of nitrogens with zero attached hydrogens (tertiary/aromatic N) is 2. The Balaban J connectivity index is 1.05. The van der Waals surface area contributed by atoms with Crippen LogP contribution in [0.1, 0.15) is 123 Å². The summed E-state index contributed by atoms with van der Waals surface area (Å²) in [6, 6.07) is 10.5. The molecule has 1 aromatic heterocycles. The predicted octanol–water partition coefficient (Wildman–Crippen LogP) is 8.41. The summed E-state index contributed by atoms with van der Waals surface area (Å²) in [5.41, 5.74) is 2.62. The van der Waals surface area contributed by atoms with Gasteiger partial charge >= 0.3 is 17.9 Å². The average Bonchev–Trinajstić information content (AvgIpc) is 3.54. The number of para-hydroxylation sites is 1. The van der Waals surface area contributed by atoms with Crippen LogP contribution in [0.5, 0.6) is 0 Å². The van der Waals surface area contributed by atoms with Gasteiger partial charge < -0.3 is 19.3 Å². The highest BCUT2D eigenvalue weighted by Gasteiger charge is 2.67. The quantitative estimate of drug-likeness (QED) is 0.144. The van der Waals surface area contributed by atoms with E-state index in [0.29, 0.717) is 23.7 Å². The summed E-state index contributed by atoms with van der Waals surface area (Å²) in [7, 11) is 0. The molecule has 3 aliphatic heterocycles. The van der Waals surface area contributed by atoms with E-state index in [1.165, 1.54) is 20.3 Å². The average molecular weight is 783 g/mol. The van der Waals surface area contributed by atoms with Gasteiger partial charge in [-0.15, -0.1) is 6.58 Å². The van der Waals surface area contributed by atoms with Crippen LogP contribution in [0.15, 0.2) is 43.0 Å². The van der Waals surface area contributed by atoms with E-state index in [1.807, 2.05) is 12.1 Å². The molecule has 4 aliphatic carbocycles. The Kier molecular flexibility index (Phi) is 11.2. The number of aromatic nitrogens is 1. The maximum atomic E-state index is 12.9. The van der Waals surface area contributed by atoms with Gasteiger partial charge in [0.1, 0.15) is 18.3 Å². The van der Waals surface area contributed by atoms with Gasteiger partial charge in [0, 0.05) is 55.8 Å². The second-order valence-corrected chi connectivity index (χ2v) is 19.7. The van der Waals surface area contributed by atoms with Gasteiger partial charge in [-0.3, -0.25) is 24.3 Å². The van der Waals surface area contributed by atoms with Gasteiger partial charge in [-0.25, -0.2) is 0 Å². The Hall–Kier alpha value is -3.30. The standard InChI is InChI=1S/C48H66N2O7/c1-8-31-26-50-20-18-32(31)21-42(50)46(54)37-24-34(49-41-12-10-9-11-36(37)41)14-13-27(2)38-15-16-39-45-40(25-44(48(38,39)7)57-30(5)53)47(6)19-17-35(55-28(3)51)22-33(47)23-43(45)56-29(4)52/h8-12,24,27,31-33,35,38-40,42-46,54H,1,13-23,25-26H2,2-7H3/t27-,31+,32+,33+,35-,38-,39+,40+,42-,43-,44+,45+,46+,47+,48-/m1/s1. The van der Waals surface area contributed by atoms with Crippen molar-refractivity contribution in [3.63, 3.8) is 0 Å². The second kappa shape index (κ2) is 15.7. The van der Waals surface area contributed by atoms with E-state index in [1.54, 1.807) is 6.92 Å². The fourth-order valence-electron chi connectivity index (χ4n) is 14.2. The second-order valence-electron chi connectivity index (χ2n) is 19.7. The van der Waals surface area contributed by atoms with Crippen LogP contribution in [0.25, 0.3) is 10.9 Å². The van der Waals surface area contributed by atoms with Gasteiger partial charge in [-0.2, -0.15) is 0 Å². The van der Waals surface area contributed by atoms with Crippen molar-refractivity contribution in [1.82, 2.24) is 9.88 Å². The van der Waals surface area contributed by atoms with E-state index in [0.717, 1.165) is 99.5 Å². The Labute approximate surface area is 339 Å². The molecule has 3 saturated heterocycles. The summed E-state index contributed by atoms with van der Waals surface area (Å²) >= 11 is 0. The molecule has 1 N–H and O–H groups in total. The number of aliphatic hydroxyl groups excluding tert-OH is 1. The van der Waals surface area contributed by atoms with Crippen LogP contribution < -0.4 is 0 Å². The highest BCUT2D eigenvalue weighted by molar-refractivity contribution is 5.83. The molecule has 7 fully saturated rings. The summed E-state index contributed by atoms with van der Waals surface area (Å²) < 4.78 is 18.5. The zero-order valence-corrected chi connectivity index (χ0v) is 35.2. The molecule has 9 heteroatoms. The lowest BCUT2D eigenvalue weighted by Crippen LogP contribution is -2.63. The minimum absolute atomic E-state index is 0.0348. The molecule has 4 saturated carbocycles. The third-order valence-electron chi connectivity index (χ3n) is 16.9. The van der Waals surface area contributed by atoms with Crippen molar-refractivity contribution in [3.05, 3.63) is 54.2 Å². The summed E-state index contributed by atoms with van der Waals surface area (Å²) in [6.07, 6.45) is 10.9. The highest BCUT2D eigenvalue weighted by Crippen LogP contribution is 2.69. The number of carbonyl (C=O) groups is 3. The van der Waals surface area contributed by atoms with E-state index < -0.39 is 6.10 Å². The van der Waals surface area contributed by atoms with Crippen LogP contribution in [0.2, 0.25) is 0 Å². The molecular formula is C48H66N2O7. The maximum Gasteiger partial charge on any atom is 0.302 e. The van der Waals surface area contributed by atoms with Crippen molar-refractivity contribution in [2.45, 2.75) is 143 Å². The summed E-state index contributed by atoms with van der Waals surface area (Å²) in [4.78, 5) is 45.2. The minimum Gasteiger partial charge on any atom is -0.463 e. The SMILES string of the molecule is C=C[C@H]1CN2CC[C@H]1C[C@@H]2[C@@H](O)c1cc(CC[C@@H](C)[C@H]2CC[C@H]3[C@@H]4[C@H](OC(C)=O)C[C@@H]5C[C@H](OC(C)=O)CC[C@]5(C)[C@H]4C[C@H](OC(C)=O)[C@]23C)nc2ccccc12. The third-order valence-corrected chi connectivity index (χ3v) is 16.9. The Morgan fingerprint density at radius 2 is 1.72 bits per heavy atom. The molecule has 4 heterocycles. The molecule has 310 valence electrons. The number of esters is 3. The number of aryl methyl sites for hydroxylation is 1. The molecule has 9 rings (SSSR count). The highest BCUT2D eigenvalue weighted by atomic mass is 16.6. The van der Waals surface area contributed by atoms with Crippen LogP contribution >= 0.6 is 0 Å². The van der Waals surface area contributed by atoms with Crippen LogP contribution in [-0.2, 0) is 35.0 Å². The molecule has 0 amide bonds.